The van der Waals surface area contributed by atoms with Crippen LogP contribution in [0.4, 0.5) is 5.69 Å². The van der Waals surface area contributed by atoms with Crippen molar-refractivity contribution in [3.05, 3.63) is 30.3 Å². The van der Waals surface area contributed by atoms with E-state index in [1.165, 1.54) is 0 Å². The fraction of sp³-hybridized carbons (Fsp3) is 0.417. The minimum absolute atomic E-state index is 0.288. The highest BCUT2D eigenvalue weighted by atomic mass is 16.1. The van der Waals surface area contributed by atoms with E-state index >= 15 is 0 Å². The number of hydrogen-bond acceptors (Lipinski definition) is 3. The van der Waals surface area contributed by atoms with Crippen molar-refractivity contribution in [3.63, 3.8) is 0 Å². The molecule has 16 heavy (non-hydrogen) atoms. The Morgan fingerprint density at radius 2 is 2.12 bits per heavy atom. The van der Waals surface area contributed by atoms with Crippen LogP contribution < -0.4 is 16.4 Å². The molecule has 1 aromatic rings. The Bertz CT molecular complexity index is 358. The third kappa shape index (κ3) is 2.17. The summed E-state index contributed by atoms with van der Waals surface area (Å²) in [6.45, 7) is 1.54. The number of para-hydroxylation sites is 1. The summed E-state index contributed by atoms with van der Waals surface area (Å²) in [4.78, 5) is 11.6. The van der Waals surface area contributed by atoms with Gasteiger partial charge in [-0.3, -0.25) is 4.79 Å². The maximum atomic E-state index is 11.6. The number of piperidine rings is 1. The molecule has 0 aliphatic carbocycles. The molecule has 0 spiro atoms. The summed E-state index contributed by atoms with van der Waals surface area (Å²) in [7, 11) is 0. The Morgan fingerprint density at radius 1 is 1.38 bits per heavy atom. The van der Waals surface area contributed by atoms with Crippen LogP contribution in [0.5, 0.6) is 0 Å². The molecule has 2 rings (SSSR count). The van der Waals surface area contributed by atoms with Crippen molar-refractivity contribution >= 4 is 11.6 Å². The molecule has 1 fully saturated rings. The molecule has 0 radical (unpaired) electrons. The molecule has 1 unspecified atom stereocenters. The molecule has 0 aromatic heterocycles. The second-order valence-electron chi connectivity index (χ2n) is 4.22. The average molecular weight is 219 g/mol. The lowest BCUT2D eigenvalue weighted by Gasteiger charge is -2.36. The van der Waals surface area contributed by atoms with Gasteiger partial charge in [0.1, 0.15) is 5.54 Å². The Kier molecular flexibility index (Phi) is 3.10. The fourth-order valence-corrected chi connectivity index (χ4v) is 2.08. The van der Waals surface area contributed by atoms with E-state index in [2.05, 4.69) is 10.6 Å². The molecule has 1 saturated heterocycles. The Labute approximate surface area is 95.2 Å². The largest absolute Gasteiger partial charge is 0.370 e. The van der Waals surface area contributed by atoms with Crippen molar-refractivity contribution in [3.8, 4) is 0 Å². The summed E-state index contributed by atoms with van der Waals surface area (Å²) in [5.74, 6) is -0.288. The number of hydrogen-bond donors (Lipinski definition) is 3. The van der Waals surface area contributed by atoms with Gasteiger partial charge in [0.15, 0.2) is 0 Å². The second-order valence-corrected chi connectivity index (χ2v) is 4.22. The van der Waals surface area contributed by atoms with Crippen molar-refractivity contribution in [1.82, 2.24) is 5.32 Å². The quantitative estimate of drug-likeness (QED) is 0.701. The molecule has 4 nitrogen and oxygen atoms in total. The second kappa shape index (κ2) is 4.53. The highest BCUT2D eigenvalue weighted by molar-refractivity contribution is 5.88. The van der Waals surface area contributed by atoms with E-state index in [-0.39, 0.29) is 5.91 Å². The van der Waals surface area contributed by atoms with Gasteiger partial charge in [0.25, 0.3) is 0 Å². The number of nitrogens with one attached hydrogen (secondary N) is 2. The molecule has 4 N–H and O–H groups in total. The van der Waals surface area contributed by atoms with Crippen molar-refractivity contribution in [2.75, 3.05) is 18.4 Å². The SMILES string of the molecule is NC(=O)C1(Nc2ccccc2)CCCNC1. The van der Waals surface area contributed by atoms with E-state index in [1.54, 1.807) is 0 Å². The van der Waals surface area contributed by atoms with Gasteiger partial charge in [-0.1, -0.05) is 18.2 Å². The fourth-order valence-electron chi connectivity index (χ4n) is 2.08. The molecular formula is C12H17N3O. The lowest BCUT2D eigenvalue weighted by molar-refractivity contribution is -0.122. The Morgan fingerprint density at radius 3 is 2.69 bits per heavy atom. The van der Waals surface area contributed by atoms with Crippen LogP contribution in [-0.2, 0) is 4.79 Å². The molecule has 0 bridgehead atoms. The monoisotopic (exact) mass is 219 g/mol. The van der Waals surface area contributed by atoms with Gasteiger partial charge >= 0.3 is 0 Å². The van der Waals surface area contributed by atoms with Crippen molar-refractivity contribution in [1.29, 1.82) is 0 Å². The van der Waals surface area contributed by atoms with Crippen LogP contribution in [-0.4, -0.2) is 24.5 Å². The van der Waals surface area contributed by atoms with Crippen LogP contribution in [0, 0.1) is 0 Å². The van der Waals surface area contributed by atoms with E-state index < -0.39 is 5.54 Å². The number of rotatable bonds is 3. The highest BCUT2D eigenvalue weighted by Crippen LogP contribution is 2.22. The smallest absolute Gasteiger partial charge is 0.244 e. The van der Waals surface area contributed by atoms with Crippen LogP contribution >= 0.6 is 0 Å². The molecule has 1 amide bonds. The number of benzene rings is 1. The third-order valence-corrected chi connectivity index (χ3v) is 3.01. The van der Waals surface area contributed by atoms with Gasteiger partial charge in [-0.15, -0.1) is 0 Å². The Hall–Kier alpha value is -1.55. The first-order chi connectivity index (χ1) is 7.73. The van der Waals surface area contributed by atoms with Crippen LogP contribution in [0.25, 0.3) is 0 Å². The zero-order valence-corrected chi connectivity index (χ0v) is 9.20. The summed E-state index contributed by atoms with van der Waals surface area (Å²) in [5, 5.41) is 6.47. The molecule has 0 saturated carbocycles. The number of nitrogens with two attached hydrogens (primary N) is 1. The molecule has 4 heteroatoms. The Balaban J connectivity index is 2.17. The van der Waals surface area contributed by atoms with Gasteiger partial charge in [-0.25, -0.2) is 0 Å². The summed E-state index contributed by atoms with van der Waals surface area (Å²) in [6.07, 6.45) is 1.74. The normalized spacial score (nSPS) is 25.0. The molecule has 1 aliphatic heterocycles. The lowest BCUT2D eigenvalue weighted by atomic mass is 9.89. The van der Waals surface area contributed by atoms with Gasteiger partial charge in [-0.2, -0.15) is 0 Å². The third-order valence-electron chi connectivity index (χ3n) is 3.01. The molecule has 1 heterocycles. The minimum Gasteiger partial charge on any atom is -0.370 e. The van der Waals surface area contributed by atoms with Crippen molar-refractivity contribution in [2.24, 2.45) is 5.73 Å². The van der Waals surface area contributed by atoms with Gasteiger partial charge in [0.05, 0.1) is 0 Å². The number of amides is 1. The number of primary amides is 1. The molecule has 1 atom stereocenters. The zero-order chi connectivity index (χ0) is 11.4. The molecular weight excluding hydrogens is 202 g/mol. The van der Waals surface area contributed by atoms with Crippen LogP contribution in [0.3, 0.4) is 0 Å². The zero-order valence-electron chi connectivity index (χ0n) is 9.20. The van der Waals surface area contributed by atoms with E-state index in [1.807, 2.05) is 30.3 Å². The number of carbonyl (C=O) groups excluding carboxylic acids is 1. The summed E-state index contributed by atoms with van der Waals surface area (Å²) >= 11 is 0. The van der Waals surface area contributed by atoms with E-state index in [0.717, 1.165) is 25.1 Å². The van der Waals surface area contributed by atoms with E-state index in [9.17, 15) is 4.79 Å². The van der Waals surface area contributed by atoms with Crippen LogP contribution in [0.1, 0.15) is 12.8 Å². The van der Waals surface area contributed by atoms with Crippen LogP contribution in [0.15, 0.2) is 30.3 Å². The first-order valence-electron chi connectivity index (χ1n) is 5.57. The molecule has 86 valence electrons. The maximum Gasteiger partial charge on any atom is 0.244 e. The summed E-state index contributed by atoms with van der Waals surface area (Å²) < 4.78 is 0. The van der Waals surface area contributed by atoms with Crippen molar-refractivity contribution in [2.45, 2.75) is 18.4 Å². The molecule has 1 aliphatic rings. The first kappa shape index (κ1) is 11.0. The van der Waals surface area contributed by atoms with Gasteiger partial charge in [0, 0.05) is 12.2 Å². The van der Waals surface area contributed by atoms with Crippen LogP contribution in [0.2, 0.25) is 0 Å². The number of anilines is 1. The predicted octanol–water partition coefficient (Wildman–Crippen LogP) is 0.706. The predicted molar refractivity (Wildman–Crippen MR) is 64.1 cm³/mol. The average Bonchev–Trinajstić information content (AvgIpc) is 2.31. The van der Waals surface area contributed by atoms with Gasteiger partial charge in [-0.05, 0) is 31.5 Å². The van der Waals surface area contributed by atoms with E-state index in [4.69, 9.17) is 5.73 Å². The minimum atomic E-state index is -0.639. The van der Waals surface area contributed by atoms with E-state index in [0.29, 0.717) is 6.54 Å². The summed E-state index contributed by atoms with van der Waals surface area (Å²) in [5.41, 5.74) is 5.80. The van der Waals surface area contributed by atoms with Gasteiger partial charge < -0.3 is 16.4 Å². The summed E-state index contributed by atoms with van der Waals surface area (Å²) in [6, 6.07) is 9.71. The lowest BCUT2D eigenvalue weighted by Crippen LogP contribution is -2.59. The topological polar surface area (TPSA) is 67.2 Å². The highest BCUT2D eigenvalue weighted by Gasteiger charge is 2.37. The number of carbonyl (C=O) groups is 1. The van der Waals surface area contributed by atoms with Gasteiger partial charge in [0.2, 0.25) is 5.91 Å². The molecule has 1 aromatic carbocycles. The van der Waals surface area contributed by atoms with Crippen molar-refractivity contribution < 1.29 is 4.79 Å². The first-order valence-corrected chi connectivity index (χ1v) is 5.57. The standard InChI is InChI=1S/C12H17N3O/c13-11(16)12(7-4-8-14-9-12)15-10-5-2-1-3-6-10/h1-3,5-6,14-15H,4,7-9H2,(H2,13,16). The maximum absolute atomic E-state index is 11.6.